The number of halogens is 1. The van der Waals surface area contributed by atoms with Crippen LogP contribution in [0.25, 0.3) is 17.2 Å². The van der Waals surface area contributed by atoms with Crippen LogP contribution in [0.3, 0.4) is 0 Å². The third-order valence-corrected chi connectivity index (χ3v) is 5.90. The van der Waals surface area contributed by atoms with Gasteiger partial charge in [-0.15, -0.1) is 0 Å². The van der Waals surface area contributed by atoms with Crippen molar-refractivity contribution in [3.05, 3.63) is 63.5 Å². The Morgan fingerprint density at radius 2 is 2.09 bits per heavy atom. The van der Waals surface area contributed by atoms with E-state index in [2.05, 4.69) is 6.07 Å². The molecule has 1 aliphatic rings. The van der Waals surface area contributed by atoms with Crippen LogP contribution in [0.2, 0.25) is 0 Å². The van der Waals surface area contributed by atoms with Crippen LogP contribution in [0, 0.1) is 39.1 Å². The molecule has 1 saturated heterocycles. The zero-order valence-electron chi connectivity index (χ0n) is 18.5. The van der Waals surface area contributed by atoms with E-state index in [9.17, 15) is 24.9 Å². The van der Waals surface area contributed by atoms with E-state index < -0.39 is 10.7 Å². The van der Waals surface area contributed by atoms with Gasteiger partial charge in [0.1, 0.15) is 11.6 Å². The van der Waals surface area contributed by atoms with Crippen molar-refractivity contribution in [2.24, 2.45) is 11.8 Å². The van der Waals surface area contributed by atoms with Gasteiger partial charge < -0.3 is 14.6 Å². The lowest BCUT2D eigenvalue weighted by atomic mass is 9.79. The molecule has 0 radical (unpaired) electrons. The van der Waals surface area contributed by atoms with E-state index in [4.69, 9.17) is 9.47 Å². The Labute approximate surface area is 192 Å². The molecule has 0 amide bonds. The van der Waals surface area contributed by atoms with Crippen LogP contribution >= 0.6 is 0 Å². The first kappa shape index (κ1) is 24.4. The molecule has 3 rings (SSSR count). The Hall–Kier alpha value is -3.28. The smallest absolute Gasteiger partial charge is 0.280 e. The maximum Gasteiger partial charge on any atom is 0.280 e. The first-order valence-electron chi connectivity index (χ1n) is 11.0. The number of allylic oxidation sites excluding steroid dienone is 1. The Kier molecular flexibility index (Phi) is 8.52. The number of aliphatic hydroxyl groups is 1. The van der Waals surface area contributed by atoms with Crippen molar-refractivity contribution < 1.29 is 23.9 Å². The summed E-state index contributed by atoms with van der Waals surface area (Å²) in [5.74, 6) is -0.416. The van der Waals surface area contributed by atoms with Crippen molar-refractivity contribution >= 4 is 11.8 Å². The maximum absolute atomic E-state index is 14.6. The lowest BCUT2D eigenvalue weighted by molar-refractivity contribution is -0.385. The second kappa shape index (κ2) is 11.5. The largest absolute Gasteiger partial charge is 0.493 e. The highest BCUT2D eigenvalue weighted by molar-refractivity contribution is 5.79. The zero-order chi connectivity index (χ0) is 23.8. The summed E-state index contributed by atoms with van der Waals surface area (Å²) in [5, 5.41) is 31.4. The monoisotopic (exact) mass is 454 g/mol. The van der Waals surface area contributed by atoms with Gasteiger partial charge in [0.25, 0.3) is 5.69 Å². The van der Waals surface area contributed by atoms with Crippen LogP contribution < -0.4 is 4.74 Å². The van der Waals surface area contributed by atoms with Gasteiger partial charge in [-0.1, -0.05) is 18.2 Å². The standard InChI is InChI=1S/C25H27FN2O5/c1-2-33-25-15-24(28(30)31)18(14-22(25)21-5-3-4-6-23(21)26)13-19(16-27)20(7-10-29)17-8-11-32-12-9-17/h3-6,13-15,17,20,29H,2,7-12H2,1H3. The van der Waals surface area contributed by atoms with Crippen molar-refractivity contribution in [2.45, 2.75) is 26.2 Å². The fourth-order valence-electron chi connectivity index (χ4n) is 4.32. The average molecular weight is 454 g/mol. The van der Waals surface area contributed by atoms with Gasteiger partial charge >= 0.3 is 0 Å². The normalized spacial score (nSPS) is 15.6. The van der Waals surface area contributed by atoms with E-state index >= 15 is 0 Å². The molecular formula is C25H27FN2O5. The van der Waals surface area contributed by atoms with Gasteiger partial charge in [-0.3, -0.25) is 10.1 Å². The van der Waals surface area contributed by atoms with Crippen molar-refractivity contribution in [1.82, 2.24) is 0 Å². The third-order valence-electron chi connectivity index (χ3n) is 5.90. The molecule has 174 valence electrons. The highest BCUT2D eigenvalue weighted by atomic mass is 19.1. The summed E-state index contributed by atoms with van der Waals surface area (Å²) >= 11 is 0. The number of nitriles is 1. The predicted octanol–water partition coefficient (Wildman–Crippen LogP) is 5.13. The van der Waals surface area contributed by atoms with Gasteiger partial charge in [0, 0.05) is 36.5 Å². The summed E-state index contributed by atoms with van der Waals surface area (Å²) in [6.45, 7) is 3.04. The van der Waals surface area contributed by atoms with Gasteiger partial charge in [-0.05, 0) is 56.2 Å². The molecule has 2 aromatic carbocycles. The fourth-order valence-corrected chi connectivity index (χ4v) is 4.32. The van der Waals surface area contributed by atoms with E-state index in [0.29, 0.717) is 30.8 Å². The first-order chi connectivity index (χ1) is 16.0. The van der Waals surface area contributed by atoms with Crippen LogP contribution in [-0.2, 0) is 4.74 Å². The third kappa shape index (κ3) is 5.75. The molecule has 0 spiro atoms. The van der Waals surface area contributed by atoms with Gasteiger partial charge in [-0.25, -0.2) is 4.39 Å². The quantitative estimate of drug-likeness (QED) is 0.320. The average Bonchev–Trinajstić information content (AvgIpc) is 2.82. The minimum atomic E-state index is -0.538. The number of hydrogen-bond donors (Lipinski definition) is 1. The summed E-state index contributed by atoms with van der Waals surface area (Å²) in [7, 11) is 0. The number of hydrogen-bond acceptors (Lipinski definition) is 6. The van der Waals surface area contributed by atoms with Crippen molar-refractivity contribution in [3.63, 3.8) is 0 Å². The molecule has 33 heavy (non-hydrogen) atoms. The molecular weight excluding hydrogens is 427 g/mol. The number of ether oxygens (including phenoxy) is 2. The second-order valence-corrected chi connectivity index (χ2v) is 7.86. The van der Waals surface area contributed by atoms with Crippen LogP contribution in [0.15, 0.2) is 42.0 Å². The molecule has 1 unspecified atom stereocenters. The Balaban J connectivity index is 2.17. The number of nitrogens with zero attached hydrogens (tertiary/aromatic N) is 2. The van der Waals surface area contributed by atoms with Gasteiger partial charge in [-0.2, -0.15) is 5.26 Å². The molecule has 8 heteroatoms. The van der Waals surface area contributed by atoms with Crippen LogP contribution in [0.4, 0.5) is 10.1 Å². The summed E-state index contributed by atoms with van der Waals surface area (Å²) in [6, 6.07) is 11.1. The number of rotatable bonds is 9. The lowest BCUT2D eigenvalue weighted by Gasteiger charge is -2.29. The fraction of sp³-hybridized carbons (Fsp3) is 0.400. The van der Waals surface area contributed by atoms with Crippen LogP contribution in [0.1, 0.15) is 31.7 Å². The summed E-state index contributed by atoms with van der Waals surface area (Å²) < 4.78 is 25.6. The molecule has 1 fully saturated rings. The molecule has 1 N–H and O–H groups in total. The van der Waals surface area contributed by atoms with Gasteiger partial charge in [0.05, 0.1) is 29.2 Å². The molecule has 0 bridgehead atoms. The Bertz CT molecular complexity index is 1060. The van der Waals surface area contributed by atoms with E-state index in [-0.39, 0.29) is 47.6 Å². The molecule has 7 nitrogen and oxygen atoms in total. The summed E-state index contributed by atoms with van der Waals surface area (Å²) in [4.78, 5) is 11.3. The molecule has 2 aromatic rings. The number of aliphatic hydroxyl groups excluding tert-OH is 1. The predicted molar refractivity (Wildman–Crippen MR) is 122 cm³/mol. The first-order valence-corrected chi connectivity index (χ1v) is 11.0. The second-order valence-electron chi connectivity index (χ2n) is 7.86. The zero-order valence-corrected chi connectivity index (χ0v) is 18.5. The molecule has 1 heterocycles. The molecule has 1 aliphatic heterocycles. The molecule has 1 atom stereocenters. The van der Waals surface area contributed by atoms with Crippen molar-refractivity contribution in [3.8, 4) is 22.9 Å². The molecule has 0 saturated carbocycles. The van der Waals surface area contributed by atoms with Crippen molar-refractivity contribution in [1.29, 1.82) is 5.26 Å². The lowest BCUT2D eigenvalue weighted by Crippen LogP contribution is -2.25. The van der Waals surface area contributed by atoms with Crippen molar-refractivity contribution in [2.75, 3.05) is 26.4 Å². The van der Waals surface area contributed by atoms with Crippen LogP contribution in [-0.4, -0.2) is 36.5 Å². The topological polar surface area (TPSA) is 106 Å². The molecule has 0 aliphatic carbocycles. The Morgan fingerprint density at radius 3 is 2.70 bits per heavy atom. The maximum atomic E-state index is 14.6. The van der Waals surface area contributed by atoms with E-state index in [0.717, 1.165) is 12.8 Å². The Morgan fingerprint density at radius 1 is 1.36 bits per heavy atom. The molecule has 0 aromatic heterocycles. The summed E-state index contributed by atoms with van der Waals surface area (Å²) in [5.41, 5.74) is 0.922. The summed E-state index contributed by atoms with van der Waals surface area (Å²) in [6.07, 6.45) is 3.36. The highest BCUT2D eigenvalue weighted by Gasteiger charge is 2.28. The SMILES string of the molecule is CCOc1cc([N+](=O)[O-])c(C=C(C#N)C(CCO)C2CCOCC2)cc1-c1ccccc1F. The van der Waals surface area contributed by atoms with Gasteiger partial charge in [0.2, 0.25) is 0 Å². The van der Waals surface area contributed by atoms with E-state index in [1.165, 1.54) is 24.3 Å². The van der Waals surface area contributed by atoms with Gasteiger partial charge in [0.15, 0.2) is 0 Å². The van der Waals surface area contributed by atoms with E-state index in [1.807, 2.05) is 0 Å². The van der Waals surface area contributed by atoms with E-state index in [1.54, 1.807) is 25.1 Å². The minimum absolute atomic E-state index is 0.104. The number of benzene rings is 2. The number of nitro benzene ring substituents is 1. The highest BCUT2D eigenvalue weighted by Crippen LogP contribution is 2.40. The number of nitro groups is 1. The van der Waals surface area contributed by atoms with Crippen LogP contribution in [0.5, 0.6) is 5.75 Å². The minimum Gasteiger partial charge on any atom is -0.493 e.